The van der Waals surface area contributed by atoms with Gasteiger partial charge in [0.15, 0.2) is 0 Å². The van der Waals surface area contributed by atoms with E-state index in [4.69, 9.17) is 0 Å². The predicted octanol–water partition coefficient (Wildman–Crippen LogP) is 10.9. The molecule has 4 aliphatic rings. The summed E-state index contributed by atoms with van der Waals surface area (Å²) in [6.45, 7) is 13.2. The molecule has 3 aliphatic carbocycles. The van der Waals surface area contributed by atoms with Crippen LogP contribution in [0.25, 0.3) is 0 Å². The molecule has 0 spiro atoms. The normalized spacial score (nSPS) is 28.3. The number of β-amino-alcohol motifs (C(OH)–C–C–N with tert-alkyl or cyclic N) is 1. The Morgan fingerprint density at radius 2 is 1.28 bits per heavy atom. The van der Waals surface area contributed by atoms with E-state index in [0.29, 0.717) is 12.0 Å². The summed E-state index contributed by atoms with van der Waals surface area (Å²) in [7, 11) is 0. The van der Waals surface area contributed by atoms with E-state index in [1.54, 1.807) is 0 Å². The van der Waals surface area contributed by atoms with Crippen molar-refractivity contribution in [2.24, 2.45) is 29.6 Å². The molecule has 0 aromatic carbocycles. The van der Waals surface area contributed by atoms with Crippen molar-refractivity contribution in [1.82, 2.24) is 10.2 Å². The van der Waals surface area contributed by atoms with E-state index in [0.717, 1.165) is 36.8 Å². The minimum atomic E-state index is -0.561. The second kappa shape index (κ2) is 21.6. The summed E-state index contributed by atoms with van der Waals surface area (Å²) in [4.78, 5) is 2.69. The van der Waals surface area contributed by atoms with Gasteiger partial charge in [-0.25, -0.2) is 0 Å². The summed E-state index contributed by atoms with van der Waals surface area (Å²) in [6.07, 6.45) is 34.6. The Bertz CT molecular complexity index is 661. The van der Waals surface area contributed by atoms with Crippen LogP contribution in [0, 0.1) is 29.6 Å². The summed E-state index contributed by atoms with van der Waals surface area (Å²) in [5, 5.41) is 16.5. The molecule has 0 aromatic heterocycles. The van der Waals surface area contributed by atoms with Gasteiger partial charge in [0.1, 0.15) is 0 Å². The van der Waals surface area contributed by atoms with Crippen LogP contribution in [0.1, 0.15) is 188 Å². The first-order valence-corrected chi connectivity index (χ1v) is 20.2. The Balaban J connectivity index is 0.000000934. The number of hydrogen-bond acceptors (Lipinski definition) is 3. The second-order valence-electron chi connectivity index (χ2n) is 16.0. The Kier molecular flexibility index (Phi) is 18.8. The molecule has 3 saturated carbocycles. The maximum Gasteiger partial charge on any atom is 0.0925 e. The minimum absolute atomic E-state index is 0.477. The smallest absolute Gasteiger partial charge is 0.0925 e. The quantitative estimate of drug-likeness (QED) is 0.163. The molecule has 0 aromatic rings. The van der Waals surface area contributed by atoms with Gasteiger partial charge in [-0.15, -0.1) is 0 Å². The van der Waals surface area contributed by atoms with Gasteiger partial charge in [-0.2, -0.15) is 0 Å². The van der Waals surface area contributed by atoms with Gasteiger partial charge in [0, 0.05) is 25.7 Å². The first-order valence-electron chi connectivity index (χ1n) is 20.2. The number of nitrogens with zero attached hydrogens (tertiary/aromatic N) is 1. The lowest BCUT2D eigenvalue weighted by molar-refractivity contribution is -0.0625. The van der Waals surface area contributed by atoms with Gasteiger partial charge >= 0.3 is 0 Å². The van der Waals surface area contributed by atoms with E-state index in [1.807, 2.05) is 0 Å². The third-order valence-corrected chi connectivity index (χ3v) is 12.3. The van der Waals surface area contributed by atoms with Crippen molar-refractivity contribution in [3.63, 3.8) is 0 Å². The van der Waals surface area contributed by atoms with Crippen molar-refractivity contribution in [2.45, 2.75) is 200 Å². The van der Waals surface area contributed by atoms with Crippen LogP contribution in [0.5, 0.6) is 0 Å². The molecular weight excluding hydrogens is 524 g/mol. The molecular formula is C40H78N2O. The van der Waals surface area contributed by atoms with E-state index in [1.165, 1.54) is 174 Å². The molecule has 3 unspecified atom stereocenters. The summed E-state index contributed by atoms with van der Waals surface area (Å²) in [6, 6.07) is 0.578. The van der Waals surface area contributed by atoms with Crippen molar-refractivity contribution >= 4 is 0 Å². The zero-order valence-electron chi connectivity index (χ0n) is 29.9. The van der Waals surface area contributed by atoms with Crippen LogP contribution in [-0.2, 0) is 0 Å². The summed E-state index contributed by atoms with van der Waals surface area (Å²) in [5.74, 6) is 4.27. The first-order chi connectivity index (χ1) is 21.0. The largest absolute Gasteiger partial charge is 0.387 e. The number of hydrogen-bond donors (Lipinski definition) is 2. The molecule has 0 bridgehead atoms. The van der Waals surface area contributed by atoms with Crippen LogP contribution in [0.3, 0.4) is 0 Å². The van der Waals surface area contributed by atoms with Gasteiger partial charge in [-0.1, -0.05) is 137 Å². The molecule has 1 aliphatic heterocycles. The predicted molar refractivity (Wildman–Crippen MR) is 189 cm³/mol. The van der Waals surface area contributed by atoms with E-state index in [2.05, 4.69) is 37.9 Å². The molecule has 254 valence electrons. The number of rotatable bonds is 17. The first kappa shape index (κ1) is 37.3. The van der Waals surface area contributed by atoms with Crippen LogP contribution in [-0.4, -0.2) is 47.8 Å². The number of nitrogens with one attached hydrogen (secondary N) is 1. The van der Waals surface area contributed by atoms with Crippen molar-refractivity contribution in [3.8, 4) is 0 Å². The molecule has 43 heavy (non-hydrogen) atoms. The zero-order chi connectivity index (χ0) is 30.8. The van der Waals surface area contributed by atoms with E-state index in [9.17, 15) is 5.11 Å². The third-order valence-electron chi connectivity index (χ3n) is 12.3. The second-order valence-corrected chi connectivity index (χ2v) is 16.0. The summed E-state index contributed by atoms with van der Waals surface area (Å²) < 4.78 is 0. The van der Waals surface area contributed by atoms with Crippen LogP contribution in [0.15, 0.2) is 0 Å². The Morgan fingerprint density at radius 1 is 0.651 bits per heavy atom. The fourth-order valence-corrected chi connectivity index (χ4v) is 9.61. The number of unbranched alkanes of at least 4 members (excludes halogenated alkanes) is 4. The summed E-state index contributed by atoms with van der Waals surface area (Å²) in [5.41, 5.74) is -0.561. The lowest BCUT2D eigenvalue weighted by Gasteiger charge is -2.45. The fraction of sp³-hybridized carbons (Fsp3) is 1.00. The molecule has 3 atom stereocenters. The lowest BCUT2D eigenvalue weighted by atomic mass is 9.67. The molecule has 4 rings (SSSR count). The molecule has 3 nitrogen and oxygen atoms in total. The maximum atomic E-state index is 12.5. The fourth-order valence-electron chi connectivity index (χ4n) is 9.61. The zero-order valence-corrected chi connectivity index (χ0v) is 29.9. The number of likely N-dealkylation sites (tertiary alicyclic amines) is 1. The van der Waals surface area contributed by atoms with Gasteiger partial charge in [0.05, 0.1) is 5.60 Å². The van der Waals surface area contributed by atoms with E-state index >= 15 is 0 Å². The average molecular weight is 603 g/mol. The number of aliphatic hydroxyl groups is 1. The molecule has 0 amide bonds. The van der Waals surface area contributed by atoms with Crippen molar-refractivity contribution < 1.29 is 5.11 Å². The molecule has 1 saturated heterocycles. The molecule has 0 radical (unpaired) electrons. The topological polar surface area (TPSA) is 35.5 Å². The van der Waals surface area contributed by atoms with Gasteiger partial charge in [-0.05, 0) is 87.5 Å². The molecule has 4 fully saturated rings. The SMILES string of the molecule is CCCCC.CCCCCC(CCC)NCC(O)(CN1CCC(CC2CCCCC2)C1)C1CCC(C2CCCCC2)CC1. The van der Waals surface area contributed by atoms with Crippen molar-refractivity contribution in [1.29, 1.82) is 0 Å². The van der Waals surface area contributed by atoms with Crippen molar-refractivity contribution in [3.05, 3.63) is 0 Å². The highest BCUT2D eigenvalue weighted by atomic mass is 16.3. The van der Waals surface area contributed by atoms with Gasteiger partial charge in [0.2, 0.25) is 0 Å². The van der Waals surface area contributed by atoms with Crippen LogP contribution < -0.4 is 5.32 Å². The average Bonchev–Trinajstić information content (AvgIpc) is 3.47. The van der Waals surface area contributed by atoms with E-state index in [-0.39, 0.29) is 0 Å². The van der Waals surface area contributed by atoms with Crippen molar-refractivity contribution in [2.75, 3.05) is 26.2 Å². The highest BCUT2D eigenvalue weighted by Crippen LogP contribution is 2.43. The monoisotopic (exact) mass is 603 g/mol. The van der Waals surface area contributed by atoms with Crippen LogP contribution in [0.2, 0.25) is 0 Å². The highest BCUT2D eigenvalue weighted by molar-refractivity contribution is 4.97. The molecule has 1 heterocycles. The van der Waals surface area contributed by atoms with Crippen LogP contribution in [0.4, 0.5) is 0 Å². The Morgan fingerprint density at radius 3 is 1.88 bits per heavy atom. The van der Waals surface area contributed by atoms with Gasteiger partial charge in [0.25, 0.3) is 0 Å². The van der Waals surface area contributed by atoms with Crippen LogP contribution >= 0.6 is 0 Å². The molecule has 3 heteroatoms. The highest BCUT2D eigenvalue weighted by Gasteiger charge is 2.42. The summed E-state index contributed by atoms with van der Waals surface area (Å²) >= 11 is 0. The molecule has 2 N–H and O–H groups in total. The Labute approximate surface area is 270 Å². The Hall–Kier alpha value is -0.120. The van der Waals surface area contributed by atoms with Gasteiger partial charge < -0.3 is 15.3 Å². The third kappa shape index (κ3) is 13.6. The minimum Gasteiger partial charge on any atom is -0.387 e. The standard InChI is InChI=1S/C35H66N2O.C5H12/c1-3-5-8-18-34(13-4-2)36-27-35(38,33-21-19-32(20-22-33)31-16-11-7-12-17-31)28-37-24-23-30(26-37)25-29-14-9-6-10-15-29;1-3-5-4-2/h29-34,36,38H,3-28H2,1-2H3;3-5H2,1-2H3. The maximum absolute atomic E-state index is 12.5. The lowest BCUT2D eigenvalue weighted by Crippen LogP contribution is -2.56. The van der Waals surface area contributed by atoms with E-state index < -0.39 is 5.60 Å². The van der Waals surface area contributed by atoms with Gasteiger partial charge in [-0.3, -0.25) is 0 Å².